The summed E-state index contributed by atoms with van der Waals surface area (Å²) in [6, 6.07) is 5.22. The molecule has 2 amide bonds. The quantitative estimate of drug-likeness (QED) is 0.556. The number of amides is 2. The number of sulfonamides is 1. The van der Waals surface area contributed by atoms with Crippen LogP contribution in [0.15, 0.2) is 35.2 Å². The predicted octanol–water partition coefficient (Wildman–Crippen LogP) is 0.101. The van der Waals surface area contributed by atoms with E-state index in [1.54, 1.807) is 12.1 Å². The lowest BCUT2D eigenvalue weighted by Crippen LogP contribution is -3.16. The highest BCUT2D eigenvalue weighted by Gasteiger charge is 2.48. The summed E-state index contributed by atoms with van der Waals surface area (Å²) in [4.78, 5) is 28.1. The molecule has 0 bridgehead atoms. The molecule has 0 radical (unpaired) electrons. The Labute approximate surface area is 172 Å². The maximum atomic E-state index is 13.0. The van der Waals surface area contributed by atoms with E-state index < -0.39 is 10.0 Å². The Hall–Kier alpha value is -2.03. The van der Waals surface area contributed by atoms with Crippen LogP contribution >= 0.6 is 0 Å². The molecule has 0 unspecified atom stereocenters. The van der Waals surface area contributed by atoms with Gasteiger partial charge in [-0.2, -0.15) is 4.31 Å². The summed E-state index contributed by atoms with van der Waals surface area (Å²) in [5.41, 5.74) is 2.02. The molecular weight excluding hydrogens is 390 g/mol. The van der Waals surface area contributed by atoms with E-state index in [1.807, 2.05) is 32.1 Å². The summed E-state index contributed by atoms with van der Waals surface area (Å²) >= 11 is 0. The summed E-state index contributed by atoms with van der Waals surface area (Å²) in [5, 5.41) is 0. The average Bonchev–Trinajstić information content (AvgIpc) is 2.95. The molecule has 4 rings (SSSR count). The number of benzene rings is 1. The Bertz CT molecular complexity index is 938. The number of nitrogens with zero attached hydrogens (tertiary/aromatic N) is 2. The number of allylic oxidation sites excluding steroid dienone is 2. The second-order valence-electron chi connectivity index (χ2n) is 8.32. The molecule has 7 nitrogen and oxygen atoms in total. The standard InChI is InChI=1S/C21H27N3O4S/c1-15-7-8-17(13-16(15)2)29(27,28)23-11-9-22(10-12-23)14-24-20(25)18-5-3-4-6-19(18)21(24)26/h3-4,7-8,13,18-19H,5-6,9-12,14H2,1-2H3/p+1/t18-,19-/m1/s1. The van der Waals surface area contributed by atoms with E-state index in [0.29, 0.717) is 50.6 Å². The number of piperazine rings is 1. The molecule has 2 saturated heterocycles. The highest BCUT2D eigenvalue weighted by atomic mass is 32.2. The summed E-state index contributed by atoms with van der Waals surface area (Å²) in [6.07, 6.45) is 5.25. The van der Waals surface area contributed by atoms with Crippen LogP contribution in [0.3, 0.4) is 0 Å². The minimum Gasteiger partial charge on any atom is -0.315 e. The van der Waals surface area contributed by atoms with E-state index in [1.165, 1.54) is 9.21 Å². The number of fused-ring (bicyclic) bond motifs is 1. The first-order valence-corrected chi connectivity index (χ1v) is 11.6. The molecule has 2 fully saturated rings. The van der Waals surface area contributed by atoms with Gasteiger partial charge in [0.2, 0.25) is 21.8 Å². The smallest absolute Gasteiger partial charge is 0.243 e. The van der Waals surface area contributed by atoms with Gasteiger partial charge in [0.15, 0.2) is 6.67 Å². The fraction of sp³-hybridized carbons (Fsp3) is 0.524. The first-order chi connectivity index (χ1) is 13.8. The number of aryl methyl sites for hydroxylation is 2. The lowest BCUT2D eigenvalue weighted by molar-refractivity contribution is -0.910. The van der Waals surface area contributed by atoms with Gasteiger partial charge in [-0.05, 0) is 49.9 Å². The Morgan fingerprint density at radius 1 is 0.966 bits per heavy atom. The number of quaternary nitrogens is 1. The van der Waals surface area contributed by atoms with Crippen LogP contribution in [0.2, 0.25) is 0 Å². The molecule has 3 aliphatic rings. The van der Waals surface area contributed by atoms with Crippen molar-refractivity contribution in [3.8, 4) is 0 Å². The Balaban J connectivity index is 1.39. The molecule has 8 heteroatoms. The van der Waals surface area contributed by atoms with Crippen molar-refractivity contribution in [3.05, 3.63) is 41.5 Å². The highest BCUT2D eigenvalue weighted by molar-refractivity contribution is 7.89. The van der Waals surface area contributed by atoms with Crippen LogP contribution in [0.1, 0.15) is 24.0 Å². The number of hydrogen-bond acceptors (Lipinski definition) is 4. The minimum absolute atomic E-state index is 0.0676. The van der Waals surface area contributed by atoms with Crippen molar-refractivity contribution in [3.63, 3.8) is 0 Å². The fourth-order valence-corrected chi connectivity index (χ4v) is 6.00. The molecule has 0 spiro atoms. The highest BCUT2D eigenvalue weighted by Crippen LogP contribution is 2.34. The third kappa shape index (κ3) is 3.65. The second kappa shape index (κ2) is 7.66. The monoisotopic (exact) mass is 418 g/mol. The van der Waals surface area contributed by atoms with Crippen LogP contribution in [0.5, 0.6) is 0 Å². The van der Waals surface area contributed by atoms with Crippen molar-refractivity contribution < 1.29 is 22.9 Å². The van der Waals surface area contributed by atoms with E-state index >= 15 is 0 Å². The van der Waals surface area contributed by atoms with Crippen LogP contribution < -0.4 is 4.90 Å². The number of hydrogen-bond donors (Lipinski definition) is 1. The largest absolute Gasteiger partial charge is 0.315 e. The third-order valence-electron chi connectivity index (χ3n) is 6.53. The molecule has 1 aromatic rings. The zero-order valence-electron chi connectivity index (χ0n) is 16.9. The molecule has 2 aliphatic heterocycles. The molecule has 2 heterocycles. The topological polar surface area (TPSA) is 79.2 Å². The second-order valence-corrected chi connectivity index (χ2v) is 10.3. The van der Waals surface area contributed by atoms with Gasteiger partial charge in [0.05, 0.1) is 42.9 Å². The number of carbonyl (C=O) groups excluding carboxylic acids is 2. The van der Waals surface area contributed by atoms with Gasteiger partial charge in [-0.1, -0.05) is 18.2 Å². The molecule has 0 saturated carbocycles. The molecule has 2 atom stereocenters. The van der Waals surface area contributed by atoms with Gasteiger partial charge in [-0.3, -0.25) is 9.59 Å². The van der Waals surface area contributed by atoms with E-state index in [2.05, 4.69) is 0 Å². The molecular formula is C21H28N3O4S+. The Morgan fingerprint density at radius 2 is 1.55 bits per heavy atom. The Morgan fingerprint density at radius 3 is 2.10 bits per heavy atom. The summed E-state index contributed by atoms with van der Waals surface area (Å²) < 4.78 is 27.4. The van der Waals surface area contributed by atoms with E-state index in [4.69, 9.17) is 0 Å². The first-order valence-electron chi connectivity index (χ1n) is 10.2. The van der Waals surface area contributed by atoms with Crippen molar-refractivity contribution in [1.29, 1.82) is 0 Å². The van der Waals surface area contributed by atoms with Gasteiger partial charge in [-0.25, -0.2) is 13.3 Å². The average molecular weight is 419 g/mol. The van der Waals surface area contributed by atoms with Crippen LogP contribution in [-0.2, 0) is 19.6 Å². The van der Waals surface area contributed by atoms with Gasteiger partial charge >= 0.3 is 0 Å². The SMILES string of the molecule is Cc1ccc(S(=O)(=O)N2CC[NH+](CN3C(=O)[C@@H]4CC=CC[C@H]4C3=O)CC2)cc1C. The number of carbonyl (C=O) groups is 2. The summed E-state index contributed by atoms with van der Waals surface area (Å²) in [6.45, 7) is 6.13. The lowest BCUT2D eigenvalue weighted by atomic mass is 9.85. The van der Waals surface area contributed by atoms with Crippen molar-refractivity contribution in [2.75, 3.05) is 32.8 Å². The summed E-state index contributed by atoms with van der Waals surface area (Å²) in [5.74, 6) is -0.555. The number of likely N-dealkylation sites (tertiary alicyclic amines) is 1. The Kier molecular flexibility index (Phi) is 5.35. The number of rotatable bonds is 4. The molecule has 29 heavy (non-hydrogen) atoms. The summed E-state index contributed by atoms with van der Waals surface area (Å²) in [7, 11) is -3.53. The molecule has 156 valence electrons. The molecule has 0 aromatic heterocycles. The van der Waals surface area contributed by atoms with Crippen molar-refractivity contribution in [2.45, 2.75) is 31.6 Å². The fourth-order valence-electron chi connectivity index (χ4n) is 4.47. The lowest BCUT2D eigenvalue weighted by Gasteiger charge is -2.33. The van der Waals surface area contributed by atoms with Crippen molar-refractivity contribution in [1.82, 2.24) is 9.21 Å². The normalized spacial score (nSPS) is 26.2. The van der Waals surface area contributed by atoms with Gasteiger partial charge < -0.3 is 4.90 Å². The molecule has 1 aromatic carbocycles. The van der Waals surface area contributed by atoms with E-state index in [-0.39, 0.29) is 23.7 Å². The van der Waals surface area contributed by atoms with Gasteiger partial charge in [0.1, 0.15) is 0 Å². The van der Waals surface area contributed by atoms with Gasteiger partial charge in [0.25, 0.3) is 0 Å². The van der Waals surface area contributed by atoms with Crippen LogP contribution in [0.25, 0.3) is 0 Å². The molecule has 1 N–H and O–H groups in total. The zero-order chi connectivity index (χ0) is 20.8. The van der Waals surface area contributed by atoms with Gasteiger partial charge in [0, 0.05) is 0 Å². The van der Waals surface area contributed by atoms with Crippen LogP contribution in [0.4, 0.5) is 0 Å². The van der Waals surface area contributed by atoms with Crippen LogP contribution in [-0.4, -0.2) is 62.3 Å². The maximum Gasteiger partial charge on any atom is 0.243 e. The van der Waals surface area contributed by atoms with E-state index in [0.717, 1.165) is 16.0 Å². The third-order valence-corrected chi connectivity index (χ3v) is 8.42. The number of imide groups is 1. The van der Waals surface area contributed by atoms with Crippen LogP contribution in [0, 0.1) is 25.7 Å². The van der Waals surface area contributed by atoms with Crippen molar-refractivity contribution >= 4 is 21.8 Å². The van der Waals surface area contributed by atoms with Gasteiger partial charge in [-0.15, -0.1) is 0 Å². The predicted molar refractivity (Wildman–Crippen MR) is 107 cm³/mol. The minimum atomic E-state index is -3.53. The first kappa shape index (κ1) is 20.3. The van der Waals surface area contributed by atoms with Crippen molar-refractivity contribution in [2.24, 2.45) is 11.8 Å². The maximum absolute atomic E-state index is 13.0. The number of nitrogens with one attached hydrogen (secondary N) is 1. The molecule has 1 aliphatic carbocycles. The zero-order valence-corrected chi connectivity index (χ0v) is 17.7. The van der Waals surface area contributed by atoms with E-state index in [9.17, 15) is 18.0 Å².